The van der Waals surface area contributed by atoms with Crippen molar-refractivity contribution in [1.29, 1.82) is 0 Å². The van der Waals surface area contributed by atoms with Gasteiger partial charge in [-0.3, -0.25) is 9.59 Å². The zero-order valence-corrected chi connectivity index (χ0v) is 16.5. The molecule has 8 heteroatoms. The molecule has 3 rings (SSSR count). The predicted octanol–water partition coefficient (Wildman–Crippen LogP) is 3.11. The van der Waals surface area contributed by atoms with E-state index < -0.39 is 5.41 Å². The van der Waals surface area contributed by atoms with Gasteiger partial charge in [0.2, 0.25) is 5.91 Å². The molecule has 0 radical (unpaired) electrons. The number of likely N-dealkylation sites (tertiary alicyclic amines) is 1. The second-order valence-corrected chi connectivity index (χ2v) is 8.70. The molecule has 0 atom stereocenters. The number of nitrogens with one attached hydrogen (secondary N) is 1. The first-order valence-electron chi connectivity index (χ1n) is 8.82. The third-order valence-electron chi connectivity index (χ3n) is 4.53. The Kier molecular flexibility index (Phi) is 5.13. The summed E-state index contributed by atoms with van der Waals surface area (Å²) < 4.78 is 1.87. The number of anilines is 1. The molecule has 2 amide bonds. The smallest absolute Gasteiger partial charge is 0.273 e. The second-order valence-electron chi connectivity index (χ2n) is 7.64. The average molecular weight is 375 g/mol. The van der Waals surface area contributed by atoms with Gasteiger partial charge in [-0.25, -0.2) is 9.67 Å². The van der Waals surface area contributed by atoms with Gasteiger partial charge in [0.25, 0.3) is 5.91 Å². The van der Waals surface area contributed by atoms with Crippen molar-refractivity contribution >= 4 is 29.0 Å². The number of carbonyl (C=O) groups is 2. The molecule has 0 aliphatic carbocycles. The van der Waals surface area contributed by atoms with Crippen LogP contribution in [0.3, 0.4) is 0 Å². The van der Waals surface area contributed by atoms with Gasteiger partial charge in [0, 0.05) is 30.0 Å². The van der Waals surface area contributed by atoms with Crippen molar-refractivity contribution in [2.45, 2.75) is 46.6 Å². The summed E-state index contributed by atoms with van der Waals surface area (Å²) in [5, 5.41) is 10.1. The minimum Gasteiger partial charge on any atom is -0.337 e. The molecule has 7 nitrogen and oxygen atoms in total. The molecule has 2 aromatic rings. The lowest BCUT2D eigenvalue weighted by Gasteiger charge is -2.32. The summed E-state index contributed by atoms with van der Waals surface area (Å²) in [6.45, 7) is 8.87. The third-order valence-corrected chi connectivity index (χ3v) is 5.30. The number of aromatic nitrogens is 3. The molecule has 0 bridgehead atoms. The number of piperidine rings is 1. The molecule has 140 valence electrons. The first-order chi connectivity index (χ1) is 12.3. The van der Waals surface area contributed by atoms with Crippen LogP contribution in [-0.2, 0) is 4.79 Å². The molecule has 2 aromatic heterocycles. The molecule has 0 aromatic carbocycles. The molecule has 1 aliphatic heterocycles. The van der Waals surface area contributed by atoms with Crippen LogP contribution in [-0.4, -0.2) is 44.6 Å². The van der Waals surface area contributed by atoms with Gasteiger partial charge in [-0.2, -0.15) is 5.10 Å². The van der Waals surface area contributed by atoms with Crippen LogP contribution in [0.2, 0.25) is 0 Å². The van der Waals surface area contributed by atoms with Gasteiger partial charge in [0.1, 0.15) is 11.5 Å². The highest BCUT2D eigenvalue weighted by atomic mass is 32.1. The molecule has 1 N–H and O–H groups in total. The maximum Gasteiger partial charge on any atom is 0.273 e. The van der Waals surface area contributed by atoms with Crippen molar-refractivity contribution in [3.63, 3.8) is 0 Å². The number of thiazole rings is 1. The van der Waals surface area contributed by atoms with Crippen molar-refractivity contribution in [1.82, 2.24) is 19.7 Å². The van der Waals surface area contributed by atoms with Crippen LogP contribution >= 0.6 is 11.3 Å². The average Bonchev–Trinajstić information content (AvgIpc) is 3.22. The second kappa shape index (κ2) is 7.19. The summed E-state index contributed by atoms with van der Waals surface area (Å²) >= 11 is 1.49. The largest absolute Gasteiger partial charge is 0.337 e. The fourth-order valence-electron chi connectivity index (χ4n) is 2.95. The van der Waals surface area contributed by atoms with E-state index in [-0.39, 0.29) is 17.9 Å². The minimum atomic E-state index is -0.462. The van der Waals surface area contributed by atoms with Gasteiger partial charge in [0.05, 0.1) is 17.2 Å². The van der Waals surface area contributed by atoms with Crippen molar-refractivity contribution in [3.05, 3.63) is 28.3 Å². The summed E-state index contributed by atoms with van der Waals surface area (Å²) in [6, 6.07) is 1.99. The van der Waals surface area contributed by atoms with E-state index in [2.05, 4.69) is 15.4 Å². The minimum absolute atomic E-state index is 0.00507. The van der Waals surface area contributed by atoms with Gasteiger partial charge in [0.15, 0.2) is 0 Å². The van der Waals surface area contributed by atoms with Crippen molar-refractivity contribution in [2.75, 3.05) is 18.4 Å². The number of hydrogen-bond donors (Lipinski definition) is 1. The highest BCUT2D eigenvalue weighted by Gasteiger charge is 2.28. The fraction of sp³-hybridized carbons (Fsp3) is 0.556. The maximum atomic E-state index is 12.5. The van der Waals surface area contributed by atoms with Crippen LogP contribution < -0.4 is 5.32 Å². The molecular formula is C18H25N5O2S. The van der Waals surface area contributed by atoms with Crippen LogP contribution in [0.1, 0.15) is 55.2 Å². The molecule has 1 fully saturated rings. The van der Waals surface area contributed by atoms with Crippen LogP contribution in [0.5, 0.6) is 0 Å². The molecule has 0 spiro atoms. The Morgan fingerprint density at radius 2 is 1.96 bits per heavy atom. The van der Waals surface area contributed by atoms with Gasteiger partial charge in [-0.1, -0.05) is 20.8 Å². The quantitative estimate of drug-likeness (QED) is 0.894. The Bertz CT molecular complexity index is 797. The molecule has 1 saturated heterocycles. The molecule has 3 heterocycles. The highest BCUT2D eigenvalue weighted by Crippen LogP contribution is 2.27. The van der Waals surface area contributed by atoms with E-state index in [0.717, 1.165) is 17.8 Å². The van der Waals surface area contributed by atoms with E-state index >= 15 is 0 Å². The Balaban J connectivity index is 1.63. The number of rotatable bonds is 3. The molecule has 0 unspecified atom stereocenters. The summed E-state index contributed by atoms with van der Waals surface area (Å²) in [5.41, 5.74) is 0.0690. The zero-order valence-electron chi connectivity index (χ0n) is 15.7. The SMILES string of the molecule is Cc1nc(C(=O)N2CCC(n3nccc3NC(=O)C(C)(C)C)CC2)cs1. The van der Waals surface area contributed by atoms with Crippen LogP contribution in [0, 0.1) is 12.3 Å². The number of carbonyl (C=O) groups excluding carboxylic acids is 2. The molecule has 26 heavy (non-hydrogen) atoms. The van der Waals surface area contributed by atoms with Crippen LogP contribution in [0.4, 0.5) is 5.82 Å². The van der Waals surface area contributed by atoms with E-state index in [1.807, 2.05) is 48.7 Å². The number of aryl methyl sites for hydroxylation is 1. The highest BCUT2D eigenvalue weighted by molar-refractivity contribution is 7.09. The van der Waals surface area contributed by atoms with Crippen molar-refractivity contribution in [2.24, 2.45) is 5.41 Å². The van der Waals surface area contributed by atoms with Gasteiger partial charge in [-0.05, 0) is 19.8 Å². The number of nitrogens with zero attached hydrogens (tertiary/aromatic N) is 4. The molecule has 1 aliphatic rings. The van der Waals surface area contributed by atoms with E-state index in [4.69, 9.17) is 0 Å². The first-order valence-corrected chi connectivity index (χ1v) is 9.70. The lowest BCUT2D eigenvalue weighted by Crippen LogP contribution is -2.39. The van der Waals surface area contributed by atoms with Crippen LogP contribution in [0.25, 0.3) is 0 Å². The zero-order chi connectivity index (χ0) is 18.9. The van der Waals surface area contributed by atoms with Crippen LogP contribution in [0.15, 0.2) is 17.6 Å². The van der Waals surface area contributed by atoms with E-state index in [9.17, 15) is 9.59 Å². The summed E-state index contributed by atoms with van der Waals surface area (Å²) in [7, 11) is 0. The monoisotopic (exact) mass is 375 g/mol. The lowest BCUT2D eigenvalue weighted by molar-refractivity contribution is -0.123. The predicted molar refractivity (Wildman–Crippen MR) is 101 cm³/mol. The number of hydrogen-bond acceptors (Lipinski definition) is 5. The Morgan fingerprint density at radius 1 is 1.27 bits per heavy atom. The van der Waals surface area contributed by atoms with E-state index in [1.165, 1.54) is 11.3 Å². The first kappa shape index (κ1) is 18.6. The topological polar surface area (TPSA) is 80.1 Å². The third kappa shape index (κ3) is 3.95. The molecular weight excluding hydrogens is 350 g/mol. The van der Waals surface area contributed by atoms with Gasteiger partial charge in [-0.15, -0.1) is 11.3 Å². The lowest BCUT2D eigenvalue weighted by atomic mass is 9.96. The summed E-state index contributed by atoms with van der Waals surface area (Å²) in [6.07, 6.45) is 3.30. The Labute approximate surface area is 157 Å². The van der Waals surface area contributed by atoms with Crippen molar-refractivity contribution < 1.29 is 9.59 Å². The fourth-order valence-corrected chi connectivity index (χ4v) is 3.53. The Hall–Kier alpha value is -2.22. The number of amides is 2. The molecule has 0 saturated carbocycles. The Morgan fingerprint density at radius 3 is 2.54 bits per heavy atom. The normalized spacial score (nSPS) is 15.9. The maximum absolute atomic E-state index is 12.5. The van der Waals surface area contributed by atoms with Crippen molar-refractivity contribution in [3.8, 4) is 0 Å². The van der Waals surface area contributed by atoms with Gasteiger partial charge >= 0.3 is 0 Å². The van der Waals surface area contributed by atoms with E-state index in [1.54, 1.807) is 6.20 Å². The summed E-state index contributed by atoms with van der Waals surface area (Å²) in [4.78, 5) is 30.9. The standard InChI is InChI=1S/C18H25N5O2S/c1-12-20-14(11-26-12)16(24)22-9-6-13(7-10-22)23-15(5-8-19-23)21-17(25)18(2,3)4/h5,8,11,13H,6-7,9-10H2,1-4H3,(H,21,25). The van der Waals surface area contributed by atoms with Gasteiger partial charge < -0.3 is 10.2 Å². The van der Waals surface area contributed by atoms with E-state index in [0.29, 0.717) is 24.6 Å². The summed E-state index contributed by atoms with van der Waals surface area (Å²) in [5.74, 6) is 0.671.